The van der Waals surface area contributed by atoms with E-state index in [1.165, 1.54) is 5.56 Å². The van der Waals surface area contributed by atoms with Crippen molar-refractivity contribution in [3.63, 3.8) is 0 Å². The number of aryl methyl sites for hydroxylation is 3. The number of hydrogen-bond acceptors (Lipinski definition) is 4. The Kier molecular flexibility index (Phi) is 8.19. The zero-order chi connectivity index (χ0) is 26.5. The van der Waals surface area contributed by atoms with E-state index in [4.69, 9.17) is 9.72 Å². The van der Waals surface area contributed by atoms with Crippen molar-refractivity contribution in [2.75, 3.05) is 20.3 Å². The van der Waals surface area contributed by atoms with Crippen LogP contribution in [-0.4, -0.2) is 40.6 Å². The molecule has 1 unspecified atom stereocenters. The number of carbonyl (C=O) groups excluding carboxylic acids is 1. The predicted molar refractivity (Wildman–Crippen MR) is 149 cm³/mol. The Labute approximate surface area is 218 Å². The summed E-state index contributed by atoms with van der Waals surface area (Å²) in [5.74, 6) is 0.434. The monoisotopic (exact) mass is 497 g/mol. The van der Waals surface area contributed by atoms with Crippen LogP contribution in [0, 0.1) is 13.8 Å². The molecule has 37 heavy (non-hydrogen) atoms. The number of hydrogen-bond donors (Lipinski definition) is 0. The third-order valence-electron chi connectivity index (χ3n) is 7.01. The molecule has 0 N–H and O–H groups in total. The maximum absolute atomic E-state index is 13.8. The maximum atomic E-state index is 13.8. The van der Waals surface area contributed by atoms with E-state index in [-0.39, 0.29) is 11.5 Å². The summed E-state index contributed by atoms with van der Waals surface area (Å²) in [5, 5.41) is 0.545. The molecule has 1 heterocycles. The number of benzene rings is 3. The van der Waals surface area contributed by atoms with Gasteiger partial charge in [-0.15, -0.1) is 0 Å². The van der Waals surface area contributed by atoms with Gasteiger partial charge in [-0.2, -0.15) is 0 Å². The third kappa shape index (κ3) is 5.49. The van der Waals surface area contributed by atoms with Crippen LogP contribution in [0.4, 0.5) is 0 Å². The van der Waals surface area contributed by atoms with Gasteiger partial charge in [0.25, 0.3) is 11.5 Å². The molecule has 1 atom stereocenters. The molecule has 0 bridgehead atoms. The fourth-order valence-corrected chi connectivity index (χ4v) is 4.58. The molecule has 4 rings (SSSR count). The first-order chi connectivity index (χ1) is 17.8. The molecule has 0 fully saturated rings. The van der Waals surface area contributed by atoms with Crippen LogP contribution >= 0.6 is 0 Å². The van der Waals surface area contributed by atoms with Crippen LogP contribution in [0.1, 0.15) is 59.2 Å². The van der Waals surface area contributed by atoms with E-state index in [0.29, 0.717) is 41.9 Å². The van der Waals surface area contributed by atoms with Gasteiger partial charge in [-0.25, -0.2) is 4.98 Å². The Morgan fingerprint density at radius 3 is 2.43 bits per heavy atom. The molecule has 0 saturated heterocycles. The summed E-state index contributed by atoms with van der Waals surface area (Å²) in [6.45, 7) is 9.11. The molecule has 0 spiro atoms. The van der Waals surface area contributed by atoms with Crippen molar-refractivity contribution in [1.82, 2.24) is 14.5 Å². The lowest BCUT2D eigenvalue weighted by Gasteiger charge is -2.31. The number of para-hydroxylation sites is 1. The lowest BCUT2D eigenvalue weighted by molar-refractivity contribution is 0.0657. The smallest absolute Gasteiger partial charge is 0.266 e. The third-order valence-corrected chi connectivity index (χ3v) is 7.01. The number of rotatable bonds is 9. The van der Waals surface area contributed by atoms with Gasteiger partial charge in [0.15, 0.2) is 0 Å². The zero-order valence-corrected chi connectivity index (χ0v) is 22.3. The molecule has 0 saturated carbocycles. The summed E-state index contributed by atoms with van der Waals surface area (Å²) >= 11 is 0. The van der Waals surface area contributed by atoms with Gasteiger partial charge in [-0.3, -0.25) is 14.2 Å². The Hall–Kier alpha value is -3.77. The molecular weight excluding hydrogens is 462 g/mol. The molecule has 6 heteroatoms. The quantitative estimate of drug-likeness (QED) is 0.274. The number of aromatic nitrogens is 2. The van der Waals surface area contributed by atoms with Crippen LogP contribution in [0.5, 0.6) is 0 Å². The summed E-state index contributed by atoms with van der Waals surface area (Å²) in [6.07, 6.45) is 1.58. The molecule has 4 aromatic rings. The van der Waals surface area contributed by atoms with Crippen molar-refractivity contribution in [3.05, 3.63) is 105 Å². The number of methoxy groups -OCH3 is 1. The maximum Gasteiger partial charge on any atom is 0.266 e. The van der Waals surface area contributed by atoms with Gasteiger partial charge >= 0.3 is 0 Å². The Morgan fingerprint density at radius 1 is 1.03 bits per heavy atom. The molecule has 0 aliphatic heterocycles. The van der Waals surface area contributed by atoms with Crippen molar-refractivity contribution in [2.24, 2.45) is 0 Å². The van der Waals surface area contributed by atoms with E-state index in [2.05, 4.69) is 6.92 Å². The highest BCUT2D eigenvalue weighted by molar-refractivity contribution is 5.94. The fraction of sp³-hybridized carbons (Fsp3) is 0.323. The molecule has 0 radical (unpaired) electrons. The van der Waals surface area contributed by atoms with Crippen molar-refractivity contribution in [2.45, 2.75) is 46.6 Å². The minimum atomic E-state index is -0.464. The standard InChI is InChI=1S/C31H35N3O3/c1-6-24-13-15-25(16-14-24)30(35)33(18-9-19-37-5)23(4)29-32-28-11-8-7-10-27(28)31(36)34(29)26-17-12-21(2)22(3)20-26/h7-8,10-17,20,23H,6,9,18-19H2,1-5H3. The van der Waals surface area contributed by atoms with Crippen LogP contribution in [0.2, 0.25) is 0 Å². The van der Waals surface area contributed by atoms with E-state index < -0.39 is 6.04 Å². The van der Waals surface area contributed by atoms with Crippen LogP contribution in [0.25, 0.3) is 16.6 Å². The molecule has 6 nitrogen and oxygen atoms in total. The highest BCUT2D eigenvalue weighted by atomic mass is 16.5. The normalized spacial score (nSPS) is 12.0. The number of amides is 1. The van der Waals surface area contributed by atoms with Gasteiger partial charge in [-0.05, 0) is 86.7 Å². The van der Waals surface area contributed by atoms with Crippen molar-refractivity contribution in [1.29, 1.82) is 0 Å². The minimum Gasteiger partial charge on any atom is -0.385 e. The van der Waals surface area contributed by atoms with Gasteiger partial charge in [0.2, 0.25) is 0 Å². The molecule has 0 aliphatic rings. The second kappa shape index (κ2) is 11.5. The molecular formula is C31H35N3O3. The average molecular weight is 498 g/mol. The summed E-state index contributed by atoms with van der Waals surface area (Å²) in [5.41, 5.74) is 5.23. The van der Waals surface area contributed by atoms with E-state index >= 15 is 0 Å². The molecule has 1 amide bonds. The van der Waals surface area contributed by atoms with Crippen molar-refractivity contribution < 1.29 is 9.53 Å². The van der Waals surface area contributed by atoms with Gasteiger partial charge in [0.1, 0.15) is 5.82 Å². The number of carbonyl (C=O) groups is 1. The molecule has 1 aromatic heterocycles. The SMILES string of the molecule is CCc1ccc(C(=O)N(CCCOC)C(C)c2nc3ccccc3c(=O)n2-c2ccc(C)c(C)c2)cc1. The Bertz CT molecular complexity index is 1460. The van der Waals surface area contributed by atoms with Crippen LogP contribution < -0.4 is 5.56 Å². The second-order valence-electron chi connectivity index (χ2n) is 9.47. The largest absolute Gasteiger partial charge is 0.385 e. The summed E-state index contributed by atoms with van der Waals surface area (Å²) in [4.78, 5) is 34.4. The first-order valence-corrected chi connectivity index (χ1v) is 12.8. The highest BCUT2D eigenvalue weighted by Crippen LogP contribution is 2.26. The van der Waals surface area contributed by atoms with Crippen molar-refractivity contribution in [3.8, 4) is 5.69 Å². The lowest BCUT2D eigenvalue weighted by Crippen LogP contribution is -2.38. The molecule has 0 aliphatic carbocycles. The van der Waals surface area contributed by atoms with Crippen LogP contribution in [0.15, 0.2) is 71.5 Å². The summed E-state index contributed by atoms with van der Waals surface area (Å²) in [6, 6.07) is 20.6. The fourth-order valence-electron chi connectivity index (χ4n) is 4.58. The Balaban J connectivity index is 1.87. The van der Waals surface area contributed by atoms with Crippen LogP contribution in [0.3, 0.4) is 0 Å². The lowest BCUT2D eigenvalue weighted by atomic mass is 10.1. The number of nitrogens with zero attached hydrogens (tertiary/aromatic N) is 3. The number of fused-ring (bicyclic) bond motifs is 1. The van der Waals surface area contributed by atoms with E-state index in [1.807, 2.05) is 81.4 Å². The topological polar surface area (TPSA) is 64.4 Å². The van der Waals surface area contributed by atoms with Gasteiger partial charge in [0.05, 0.1) is 22.6 Å². The average Bonchev–Trinajstić information content (AvgIpc) is 2.92. The van der Waals surface area contributed by atoms with Gasteiger partial charge in [-0.1, -0.05) is 37.3 Å². The summed E-state index contributed by atoms with van der Waals surface area (Å²) < 4.78 is 6.94. The molecule has 3 aromatic carbocycles. The second-order valence-corrected chi connectivity index (χ2v) is 9.47. The highest BCUT2D eigenvalue weighted by Gasteiger charge is 2.27. The summed E-state index contributed by atoms with van der Waals surface area (Å²) in [7, 11) is 1.65. The zero-order valence-electron chi connectivity index (χ0n) is 22.3. The van der Waals surface area contributed by atoms with Gasteiger partial charge < -0.3 is 9.64 Å². The molecule has 192 valence electrons. The first kappa shape index (κ1) is 26.3. The predicted octanol–water partition coefficient (Wildman–Crippen LogP) is 5.80. The van der Waals surface area contributed by atoms with E-state index in [9.17, 15) is 9.59 Å². The number of ether oxygens (including phenoxy) is 1. The van der Waals surface area contributed by atoms with Crippen LogP contribution in [-0.2, 0) is 11.2 Å². The first-order valence-electron chi connectivity index (χ1n) is 12.8. The Morgan fingerprint density at radius 2 is 1.76 bits per heavy atom. The van der Waals surface area contributed by atoms with Gasteiger partial charge in [0, 0.05) is 25.8 Å². The van der Waals surface area contributed by atoms with Crippen molar-refractivity contribution >= 4 is 16.8 Å². The van der Waals surface area contributed by atoms with E-state index in [0.717, 1.165) is 23.2 Å². The minimum absolute atomic E-state index is 0.0969. The van der Waals surface area contributed by atoms with E-state index in [1.54, 1.807) is 22.6 Å².